The lowest BCUT2D eigenvalue weighted by Gasteiger charge is -2.24. The van der Waals surface area contributed by atoms with E-state index in [-0.39, 0.29) is 0 Å². The summed E-state index contributed by atoms with van der Waals surface area (Å²) in [5, 5.41) is 0. The maximum atomic E-state index is 10.8. The maximum absolute atomic E-state index is 10.8. The zero-order valence-corrected chi connectivity index (χ0v) is 9.22. The summed E-state index contributed by atoms with van der Waals surface area (Å²) >= 11 is 0. The van der Waals surface area contributed by atoms with Crippen LogP contribution in [0.3, 0.4) is 0 Å². The van der Waals surface area contributed by atoms with Crippen molar-refractivity contribution in [3.63, 3.8) is 0 Å². The Labute approximate surface area is 80.4 Å². The third-order valence-electron chi connectivity index (χ3n) is 1.85. The molecule has 0 saturated carbocycles. The molecule has 0 aromatic rings. The Morgan fingerprint density at radius 3 is 2.31 bits per heavy atom. The van der Waals surface area contributed by atoms with Crippen LogP contribution in [0.25, 0.3) is 0 Å². The number of carbonyl (C=O) groups excluding carboxylic acids is 1. The Bertz CT molecular complexity index is 162. The van der Waals surface area contributed by atoms with E-state index in [9.17, 15) is 4.79 Å². The van der Waals surface area contributed by atoms with Gasteiger partial charge in [-0.15, -0.1) is 0 Å². The highest BCUT2D eigenvalue weighted by atomic mass is 16.7. The Morgan fingerprint density at radius 2 is 1.92 bits per heavy atom. The van der Waals surface area contributed by atoms with Crippen molar-refractivity contribution < 1.29 is 14.3 Å². The summed E-state index contributed by atoms with van der Waals surface area (Å²) in [6.45, 7) is 8.08. The van der Waals surface area contributed by atoms with Gasteiger partial charge in [-0.25, -0.2) is 4.79 Å². The van der Waals surface area contributed by atoms with Gasteiger partial charge in [0, 0.05) is 0 Å². The van der Waals surface area contributed by atoms with Gasteiger partial charge in [0.1, 0.15) is 5.60 Å². The van der Waals surface area contributed by atoms with E-state index in [1.807, 2.05) is 13.8 Å². The molecule has 0 amide bonds. The highest BCUT2D eigenvalue weighted by molar-refractivity contribution is 5.60. The summed E-state index contributed by atoms with van der Waals surface area (Å²) in [7, 11) is 1.32. The zero-order valence-electron chi connectivity index (χ0n) is 9.22. The summed E-state index contributed by atoms with van der Waals surface area (Å²) < 4.78 is 9.51. The van der Waals surface area contributed by atoms with E-state index < -0.39 is 11.8 Å². The molecule has 13 heavy (non-hydrogen) atoms. The molecule has 0 aliphatic rings. The molecule has 0 aromatic carbocycles. The third-order valence-corrected chi connectivity index (χ3v) is 1.85. The maximum Gasteiger partial charge on any atom is 0.508 e. The van der Waals surface area contributed by atoms with Crippen LogP contribution in [0, 0.1) is 5.92 Å². The van der Waals surface area contributed by atoms with Crippen molar-refractivity contribution in [2.45, 2.75) is 46.1 Å². The van der Waals surface area contributed by atoms with Crippen molar-refractivity contribution in [2.24, 2.45) is 5.92 Å². The minimum Gasteiger partial charge on any atom is -0.438 e. The largest absolute Gasteiger partial charge is 0.508 e. The molecule has 0 fully saturated rings. The minimum absolute atomic E-state index is 0.419. The monoisotopic (exact) mass is 188 g/mol. The topological polar surface area (TPSA) is 35.5 Å². The molecule has 0 atom stereocenters. The molecule has 0 unspecified atom stereocenters. The molecule has 3 heteroatoms. The average molecular weight is 188 g/mol. The van der Waals surface area contributed by atoms with E-state index in [4.69, 9.17) is 4.74 Å². The summed E-state index contributed by atoms with van der Waals surface area (Å²) in [6.07, 6.45) is 1.30. The van der Waals surface area contributed by atoms with Gasteiger partial charge in [-0.3, -0.25) is 0 Å². The van der Waals surface area contributed by atoms with Gasteiger partial charge in [-0.2, -0.15) is 0 Å². The first-order valence-corrected chi connectivity index (χ1v) is 4.64. The van der Waals surface area contributed by atoms with Gasteiger partial charge in [0.25, 0.3) is 0 Å². The number of hydrogen-bond donors (Lipinski definition) is 0. The van der Waals surface area contributed by atoms with Crippen LogP contribution in [-0.4, -0.2) is 18.9 Å². The van der Waals surface area contributed by atoms with E-state index in [1.165, 1.54) is 7.11 Å². The molecule has 0 bridgehead atoms. The summed E-state index contributed by atoms with van der Waals surface area (Å²) in [5.74, 6) is 0.625. The van der Waals surface area contributed by atoms with Crippen LogP contribution in [0.15, 0.2) is 0 Å². The predicted octanol–water partition coefficient (Wildman–Crippen LogP) is 2.98. The molecule has 0 rings (SSSR count). The summed E-state index contributed by atoms with van der Waals surface area (Å²) in [4.78, 5) is 10.8. The summed E-state index contributed by atoms with van der Waals surface area (Å²) in [5.41, 5.74) is -0.419. The smallest absolute Gasteiger partial charge is 0.438 e. The first kappa shape index (κ1) is 12.3. The second-order valence-corrected chi connectivity index (χ2v) is 4.25. The fraction of sp³-hybridized carbons (Fsp3) is 0.900. The molecule has 0 saturated heterocycles. The average Bonchev–Trinajstić information content (AvgIpc) is 2.00. The van der Waals surface area contributed by atoms with Crippen molar-refractivity contribution in [2.75, 3.05) is 7.11 Å². The van der Waals surface area contributed by atoms with Crippen LogP contribution in [0.2, 0.25) is 0 Å². The molecule has 0 aliphatic carbocycles. The van der Waals surface area contributed by atoms with Crippen molar-refractivity contribution in [1.82, 2.24) is 0 Å². The van der Waals surface area contributed by atoms with Crippen LogP contribution in [0.5, 0.6) is 0 Å². The van der Waals surface area contributed by atoms with Crippen molar-refractivity contribution in [3.05, 3.63) is 0 Å². The summed E-state index contributed by atoms with van der Waals surface area (Å²) in [6, 6.07) is 0. The number of rotatable bonds is 4. The second-order valence-electron chi connectivity index (χ2n) is 4.25. The Balaban J connectivity index is 3.86. The second kappa shape index (κ2) is 5.10. The highest BCUT2D eigenvalue weighted by Gasteiger charge is 2.23. The standard InChI is InChI=1S/C10H20O3/c1-8(2)6-7-10(3,4)13-9(11)12-5/h8H,6-7H2,1-5H3. The number of hydrogen-bond acceptors (Lipinski definition) is 3. The molecule has 0 N–H and O–H groups in total. The molecule has 0 heterocycles. The first-order chi connectivity index (χ1) is 5.87. The van der Waals surface area contributed by atoms with Crippen LogP contribution in [-0.2, 0) is 9.47 Å². The van der Waals surface area contributed by atoms with Crippen molar-refractivity contribution >= 4 is 6.16 Å². The zero-order chi connectivity index (χ0) is 10.5. The molecule has 3 nitrogen and oxygen atoms in total. The lowest BCUT2D eigenvalue weighted by Crippen LogP contribution is -2.28. The van der Waals surface area contributed by atoms with Crippen LogP contribution >= 0.6 is 0 Å². The van der Waals surface area contributed by atoms with Crippen molar-refractivity contribution in [3.8, 4) is 0 Å². The van der Waals surface area contributed by atoms with Crippen molar-refractivity contribution in [1.29, 1.82) is 0 Å². The molecule has 0 aliphatic heterocycles. The van der Waals surface area contributed by atoms with Gasteiger partial charge in [-0.1, -0.05) is 13.8 Å². The first-order valence-electron chi connectivity index (χ1n) is 4.64. The molecule has 78 valence electrons. The molecule has 0 aromatic heterocycles. The van der Waals surface area contributed by atoms with Crippen LogP contribution in [0.1, 0.15) is 40.5 Å². The van der Waals surface area contributed by atoms with Gasteiger partial charge in [-0.05, 0) is 32.6 Å². The van der Waals surface area contributed by atoms with Gasteiger partial charge >= 0.3 is 6.16 Å². The highest BCUT2D eigenvalue weighted by Crippen LogP contribution is 2.20. The van der Waals surface area contributed by atoms with Crippen LogP contribution < -0.4 is 0 Å². The lowest BCUT2D eigenvalue weighted by molar-refractivity contribution is -0.0135. The number of methoxy groups -OCH3 is 1. The van der Waals surface area contributed by atoms with E-state index in [0.717, 1.165) is 12.8 Å². The third kappa shape index (κ3) is 6.43. The Morgan fingerprint density at radius 1 is 1.38 bits per heavy atom. The van der Waals surface area contributed by atoms with E-state index in [0.29, 0.717) is 5.92 Å². The van der Waals surface area contributed by atoms with Crippen LogP contribution in [0.4, 0.5) is 4.79 Å². The fourth-order valence-corrected chi connectivity index (χ4v) is 0.955. The van der Waals surface area contributed by atoms with Gasteiger partial charge in [0.2, 0.25) is 0 Å². The minimum atomic E-state index is -0.603. The normalized spacial score (nSPS) is 11.5. The fourth-order valence-electron chi connectivity index (χ4n) is 0.955. The Hall–Kier alpha value is -0.730. The number of ether oxygens (including phenoxy) is 2. The molecular formula is C10H20O3. The quantitative estimate of drug-likeness (QED) is 0.636. The van der Waals surface area contributed by atoms with E-state index in [1.54, 1.807) is 0 Å². The SMILES string of the molecule is COC(=O)OC(C)(C)CCC(C)C. The van der Waals surface area contributed by atoms with Gasteiger partial charge in [0.05, 0.1) is 7.11 Å². The predicted molar refractivity (Wildman–Crippen MR) is 51.6 cm³/mol. The van der Waals surface area contributed by atoms with E-state index >= 15 is 0 Å². The van der Waals surface area contributed by atoms with E-state index in [2.05, 4.69) is 18.6 Å². The lowest BCUT2D eigenvalue weighted by atomic mass is 9.97. The molecule has 0 radical (unpaired) electrons. The van der Waals surface area contributed by atoms with Gasteiger partial charge in [0.15, 0.2) is 0 Å². The number of carbonyl (C=O) groups is 1. The molecular weight excluding hydrogens is 168 g/mol. The Kier molecular flexibility index (Phi) is 4.81. The van der Waals surface area contributed by atoms with Gasteiger partial charge < -0.3 is 9.47 Å². The molecule has 0 spiro atoms.